The molecule has 0 saturated heterocycles. The summed E-state index contributed by atoms with van der Waals surface area (Å²) < 4.78 is 0. The van der Waals surface area contributed by atoms with Gasteiger partial charge in [-0.2, -0.15) is 0 Å². The normalized spacial score (nSPS) is 10.6. The smallest absolute Gasteiger partial charge is 0.239 e. The van der Waals surface area contributed by atoms with Crippen LogP contribution in [0, 0.1) is 0 Å². The Hall–Kier alpha value is -2.67. The van der Waals surface area contributed by atoms with Crippen molar-refractivity contribution < 1.29 is 4.79 Å². The van der Waals surface area contributed by atoms with Crippen LogP contribution in [0.5, 0.6) is 0 Å². The predicted octanol–water partition coefficient (Wildman–Crippen LogP) is 1.83. The first kappa shape index (κ1) is 14.3. The monoisotopic (exact) mass is 316 g/mol. The van der Waals surface area contributed by atoms with Crippen LogP contribution >= 0.6 is 11.6 Å². The van der Waals surface area contributed by atoms with E-state index in [9.17, 15) is 4.79 Å². The minimum Gasteiger partial charge on any atom is -0.360 e. The maximum Gasteiger partial charge on any atom is 0.239 e. The number of rotatable bonds is 4. The van der Waals surface area contributed by atoms with E-state index in [1.807, 2.05) is 6.07 Å². The third kappa shape index (κ3) is 2.84. The minimum absolute atomic E-state index is 0.129. The Kier molecular flexibility index (Phi) is 3.88. The lowest BCUT2D eigenvalue weighted by atomic mass is 10.2. The van der Waals surface area contributed by atoms with Crippen LogP contribution in [0.15, 0.2) is 30.9 Å². The summed E-state index contributed by atoms with van der Waals surface area (Å²) in [5, 5.41) is 6.87. The largest absolute Gasteiger partial charge is 0.360 e. The number of halogens is 1. The van der Waals surface area contributed by atoms with Crippen molar-refractivity contribution in [3.05, 3.63) is 35.9 Å². The molecule has 22 heavy (non-hydrogen) atoms. The molecule has 0 aliphatic heterocycles. The van der Waals surface area contributed by atoms with E-state index in [1.54, 1.807) is 31.8 Å². The fraction of sp³-hybridized carbons (Fsp3) is 0.143. The second-order valence-corrected chi connectivity index (χ2v) is 5.00. The van der Waals surface area contributed by atoms with Gasteiger partial charge in [0.15, 0.2) is 0 Å². The average Bonchev–Trinajstić information content (AvgIpc) is 2.95. The number of pyridine rings is 1. The van der Waals surface area contributed by atoms with Gasteiger partial charge in [0.25, 0.3) is 0 Å². The number of H-pyrrole nitrogens is 1. The standard InChI is InChI=1S/C14H13ClN6O/c1-16-13(22)7-18-12-6-17-5-11(21-12)10-4-20-14-9(10)2-8(15)3-19-14/h2-6H,7H2,1H3,(H,16,22)(H,18,21)(H,19,20). The SMILES string of the molecule is CNC(=O)CNc1cncc(-c2c[nH]c3ncc(Cl)cc23)n1. The molecule has 3 rings (SSSR count). The molecule has 0 atom stereocenters. The number of aromatic amines is 1. The Bertz CT molecular complexity index is 831. The molecular weight excluding hydrogens is 304 g/mol. The van der Waals surface area contributed by atoms with Crippen molar-refractivity contribution in [2.45, 2.75) is 0 Å². The number of nitrogens with zero attached hydrogens (tertiary/aromatic N) is 3. The molecule has 0 aliphatic rings. The maximum atomic E-state index is 11.3. The second-order valence-electron chi connectivity index (χ2n) is 4.57. The van der Waals surface area contributed by atoms with E-state index < -0.39 is 0 Å². The molecule has 0 saturated carbocycles. The van der Waals surface area contributed by atoms with Crippen molar-refractivity contribution in [1.82, 2.24) is 25.3 Å². The highest BCUT2D eigenvalue weighted by Crippen LogP contribution is 2.28. The van der Waals surface area contributed by atoms with Gasteiger partial charge < -0.3 is 15.6 Å². The summed E-state index contributed by atoms with van der Waals surface area (Å²) in [6.07, 6.45) is 6.60. The summed E-state index contributed by atoms with van der Waals surface area (Å²) in [4.78, 5) is 27.2. The lowest BCUT2D eigenvalue weighted by molar-refractivity contribution is -0.118. The van der Waals surface area contributed by atoms with E-state index in [4.69, 9.17) is 11.6 Å². The Balaban J connectivity index is 1.93. The first-order valence-corrected chi connectivity index (χ1v) is 6.94. The lowest BCUT2D eigenvalue weighted by Crippen LogP contribution is -2.26. The average molecular weight is 317 g/mol. The van der Waals surface area contributed by atoms with Gasteiger partial charge >= 0.3 is 0 Å². The summed E-state index contributed by atoms with van der Waals surface area (Å²) in [6, 6.07) is 1.82. The molecule has 3 aromatic heterocycles. The van der Waals surface area contributed by atoms with E-state index in [2.05, 4.69) is 30.6 Å². The number of nitrogens with one attached hydrogen (secondary N) is 3. The van der Waals surface area contributed by atoms with Gasteiger partial charge in [-0.25, -0.2) is 9.97 Å². The van der Waals surface area contributed by atoms with Crippen LogP contribution in [0.4, 0.5) is 5.82 Å². The van der Waals surface area contributed by atoms with Crippen molar-refractivity contribution in [2.75, 3.05) is 18.9 Å². The van der Waals surface area contributed by atoms with E-state index in [1.165, 1.54) is 0 Å². The number of carbonyl (C=O) groups is 1. The molecule has 0 radical (unpaired) electrons. The highest BCUT2D eigenvalue weighted by Gasteiger charge is 2.10. The number of carbonyl (C=O) groups excluding carboxylic acids is 1. The van der Waals surface area contributed by atoms with Crippen molar-refractivity contribution >= 4 is 34.4 Å². The van der Waals surface area contributed by atoms with Gasteiger partial charge in [-0.05, 0) is 6.07 Å². The fourth-order valence-corrected chi connectivity index (χ4v) is 2.19. The Morgan fingerprint density at radius 1 is 1.36 bits per heavy atom. The number of likely N-dealkylation sites (N-methyl/N-ethyl adjacent to an activating group) is 1. The molecule has 0 aliphatic carbocycles. The Morgan fingerprint density at radius 2 is 2.23 bits per heavy atom. The predicted molar refractivity (Wildman–Crippen MR) is 84.7 cm³/mol. The molecule has 7 nitrogen and oxygen atoms in total. The molecule has 112 valence electrons. The molecule has 3 aromatic rings. The summed E-state index contributed by atoms with van der Waals surface area (Å²) in [6.45, 7) is 0.135. The first-order chi connectivity index (χ1) is 10.7. The first-order valence-electron chi connectivity index (χ1n) is 6.57. The fourth-order valence-electron chi connectivity index (χ4n) is 2.03. The highest BCUT2D eigenvalue weighted by molar-refractivity contribution is 6.31. The molecular formula is C14H13ClN6O. The third-order valence-corrected chi connectivity index (χ3v) is 3.32. The van der Waals surface area contributed by atoms with Gasteiger partial charge in [0.05, 0.1) is 29.7 Å². The number of anilines is 1. The number of amides is 1. The third-order valence-electron chi connectivity index (χ3n) is 3.12. The van der Waals surface area contributed by atoms with Gasteiger partial charge in [-0.1, -0.05) is 11.6 Å². The van der Waals surface area contributed by atoms with Gasteiger partial charge in [0.2, 0.25) is 5.91 Å². The second kappa shape index (κ2) is 5.98. The maximum absolute atomic E-state index is 11.3. The van der Waals surface area contributed by atoms with Crippen molar-refractivity contribution in [2.24, 2.45) is 0 Å². The van der Waals surface area contributed by atoms with Gasteiger partial charge in [-0.3, -0.25) is 9.78 Å². The van der Waals surface area contributed by atoms with Crippen LogP contribution in [-0.2, 0) is 4.79 Å². The molecule has 0 unspecified atom stereocenters. The number of hydrogen-bond donors (Lipinski definition) is 3. The van der Waals surface area contributed by atoms with Gasteiger partial charge in [0, 0.05) is 30.4 Å². The van der Waals surface area contributed by atoms with Crippen LogP contribution in [0.2, 0.25) is 5.02 Å². The van der Waals surface area contributed by atoms with E-state index in [0.29, 0.717) is 16.5 Å². The van der Waals surface area contributed by atoms with E-state index >= 15 is 0 Å². The van der Waals surface area contributed by atoms with Crippen LogP contribution in [0.3, 0.4) is 0 Å². The summed E-state index contributed by atoms with van der Waals surface area (Å²) >= 11 is 6.00. The zero-order valence-electron chi connectivity index (χ0n) is 11.7. The molecule has 0 aromatic carbocycles. The van der Waals surface area contributed by atoms with Crippen molar-refractivity contribution in [3.63, 3.8) is 0 Å². The van der Waals surface area contributed by atoms with Crippen molar-refractivity contribution in [1.29, 1.82) is 0 Å². The molecule has 0 fully saturated rings. The molecule has 0 spiro atoms. The Labute approximate surface area is 131 Å². The van der Waals surface area contributed by atoms with Crippen LogP contribution in [0.25, 0.3) is 22.3 Å². The van der Waals surface area contributed by atoms with Gasteiger partial charge in [0.1, 0.15) is 11.5 Å². The topological polar surface area (TPSA) is 95.6 Å². The minimum atomic E-state index is -0.129. The molecule has 8 heteroatoms. The van der Waals surface area contributed by atoms with Crippen LogP contribution in [0.1, 0.15) is 0 Å². The zero-order chi connectivity index (χ0) is 15.5. The lowest BCUT2D eigenvalue weighted by Gasteiger charge is -2.05. The summed E-state index contributed by atoms with van der Waals surface area (Å²) in [5.74, 6) is 0.390. The number of fused-ring (bicyclic) bond motifs is 1. The molecule has 1 amide bonds. The molecule has 3 N–H and O–H groups in total. The zero-order valence-corrected chi connectivity index (χ0v) is 12.5. The summed E-state index contributed by atoms with van der Waals surface area (Å²) in [5.41, 5.74) is 2.24. The summed E-state index contributed by atoms with van der Waals surface area (Å²) in [7, 11) is 1.58. The van der Waals surface area contributed by atoms with E-state index in [0.717, 1.165) is 16.6 Å². The van der Waals surface area contributed by atoms with Crippen molar-refractivity contribution in [3.8, 4) is 11.3 Å². The molecule has 3 heterocycles. The van der Waals surface area contributed by atoms with Crippen LogP contribution < -0.4 is 10.6 Å². The number of aromatic nitrogens is 4. The molecule has 0 bridgehead atoms. The highest BCUT2D eigenvalue weighted by atomic mass is 35.5. The van der Waals surface area contributed by atoms with Gasteiger partial charge in [-0.15, -0.1) is 0 Å². The quantitative estimate of drug-likeness (QED) is 0.682. The van der Waals surface area contributed by atoms with E-state index in [-0.39, 0.29) is 12.5 Å². The Morgan fingerprint density at radius 3 is 3.05 bits per heavy atom. The number of hydrogen-bond acceptors (Lipinski definition) is 5. The van der Waals surface area contributed by atoms with Crippen LogP contribution in [-0.4, -0.2) is 39.4 Å².